The van der Waals surface area contributed by atoms with Crippen molar-refractivity contribution in [3.05, 3.63) is 58.9 Å². The predicted octanol–water partition coefficient (Wildman–Crippen LogP) is 2.33. The van der Waals surface area contributed by atoms with Crippen molar-refractivity contribution in [2.45, 2.75) is 64.4 Å². The lowest BCUT2D eigenvalue weighted by molar-refractivity contribution is -0.126. The number of fused-ring (bicyclic) bond motifs is 1. The molecular weight excluding hydrogens is 466 g/mol. The fourth-order valence-corrected chi connectivity index (χ4v) is 4.35. The number of carbonyl (C=O) groups is 2. The van der Waals surface area contributed by atoms with Crippen LogP contribution in [0.4, 0.5) is 4.39 Å². The van der Waals surface area contributed by atoms with E-state index in [1.165, 1.54) is 24.1 Å². The topological polar surface area (TPSA) is 97.3 Å². The van der Waals surface area contributed by atoms with Crippen molar-refractivity contribution in [2.75, 3.05) is 13.7 Å². The molecule has 0 radical (unpaired) electrons. The number of benzene rings is 2. The van der Waals surface area contributed by atoms with Crippen LogP contribution in [0.5, 0.6) is 5.75 Å². The molecule has 2 aromatic rings. The molecule has 2 atom stereocenters. The molecule has 2 aliphatic rings. The second kappa shape index (κ2) is 9.50. The van der Waals surface area contributed by atoms with Crippen molar-refractivity contribution >= 4 is 24.4 Å². The minimum atomic E-state index is -0.861. The van der Waals surface area contributed by atoms with Gasteiger partial charge in [-0.05, 0) is 69.4 Å². The Morgan fingerprint density at radius 2 is 1.86 bits per heavy atom. The van der Waals surface area contributed by atoms with Gasteiger partial charge in [-0.25, -0.2) is 4.39 Å². The maximum absolute atomic E-state index is 13.9. The fraction of sp³-hybridized carbons (Fsp3) is 0.462. The van der Waals surface area contributed by atoms with E-state index >= 15 is 0 Å². The number of aliphatic hydroxyl groups excluding tert-OH is 1. The summed E-state index contributed by atoms with van der Waals surface area (Å²) in [5, 5.41) is 12.6. The molecule has 0 aromatic heterocycles. The number of methoxy groups -OCH3 is 1. The number of aliphatic hydroxyl groups is 1. The van der Waals surface area contributed by atoms with Gasteiger partial charge in [0.15, 0.2) is 0 Å². The van der Waals surface area contributed by atoms with Crippen LogP contribution in [0.3, 0.4) is 0 Å². The van der Waals surface area contributed by atoms with E-state index in [1.807, 2.05) is 39.8 Å². The third-order valence-corrected chi connectivity index (χ3v) is 7.37. The highest BCUT2D eigenvalue weighted by Gasteiger charge is 2.52. The number of carbonyl (C=O) groups excluding carboxylic acids is 2. The van der Waals surface area contributed by atoms with Crippen molar-refractivity contribution < 1.29 is 33.1 Å². The number of rotatable bonds is 7. The number of hydrogen-bond donors (Lipinski definition) is 2. The Kier molecular flexibility index (Phi) is 6.89. The van der Waals surface area contributed by atoms with Gasteiger partial charge in [0, 0.05) is 18.2 Å². The van der Waals surface area contributed by atoms with Crippen LogP contribution < -0.4 is 15.5 Å². The average Bonchev–Trinajstić information content (AvgIpc) is 3.27. The molecule has 1 fully saturated rings. The third-order valence-electron chi connectivity index (χ3n) is 7.37. The van der Waals surface area contributed by atoms with Gasteiger partial charge in [0.2, 0.25) is 5.91 Å². The van der Waals surface area contributed by atoms with Gasteiger partial charge in [-0.1, -0.05) is 12.1 Å². The zero-order chi connectivity index (χ0) is 26.4. The van der Waals surface area contributed by atoms with Gasteiger partial charge >= 0.3 is 7.12 Å². The quantitative estimate of drug-likeness (QED) is 0.569. The lowest BCUT2D eigenvalue weighted by Crippen LogP contribution is -2.46. The van der Waals surface area contributed by atoms with E-state index in [4.69, 9.17) is 14.0 Å². The zero-order valence-corrected chi connectivity index (χ0v) is 21.4. The lowest BCUT2D eigenvalue weighted by atomic mass is 9.78. The molecule has 1 saturated heterocycles. The van der Waals surface area contributed by atoms with Crippen LogP contribution in [0.15, 0.2) is 36.4 Å². The molecule has 8 nitrogen and oxygen atoms in total. The van der Waals surface area contributed by atoms with Gasteiger partial charge in [0.1, 0.15) is 17.6 Å². The standard InChI is InChI=1S/C26H32BFN2O6/c1-15(23(32)29-22(14-31)17-9-19(28)12-20(10-17)34-6)30-13-16-7-8-18(11-21(16)24(30)33)27-35-25(2,3)26(4,5)36-27/h7-12,15,22,31H,13-14H2,1-6H3,(H,29,32)/t15?,22-/m1/s1. The van der Waals surface area contributed by atoms with E-state index in [0.717, 1.165) is 11.0 Å². The Hall–Kier alpha value is -2.95. The lowest BCUT2D eigenvalue weighted by Gasteiger charge is -2.32. The Morgan fingerprint density at radius 3 is 2.47 bits per heavy atom. The van der Waals surface area contributed by atoms with Gasteiger partial charge in [-0.15, -0.1) is 0 Å². The normalized spacial score (nSPS) is 19.7. The molecule has 2 aromatic carbocycles. The Bertz CT molecular complexity index is 1170. The van der Waals surface area contributed by atoms with Crippen LogP contribution in [-0.2, 0) is 20.6 Å². The van der Waals surface area contributed by atoms with Crippen molar-refractivity contribution in [2.24, 2.45) is 0 Å². The molecule has 2 heterocycles. The molecule has 10 heteroatoms. The molecule has 2 amide bonds. The van der Waals surface area contributed by atoms with Crippen LogP contribution in [0.1, 0.15) is 62.1 Å². The van der Waals surface area contributed by atoms with Crippen LogP contribution in [0.2, 0.25) is 0 Å². The molecule has 0 saturated carbocycles. The highest BCUT2D eigenvalue weighted by Crippen LogP contribution is 2.37. The first-order chi connectivity index (χ1) is 16.9. The monoisotopic (exact) mass is 498 g/mol. The number of halogens is 1. The van der Waals surface area contributed by atoms with E-state index < -0.39 is 48.7 Å². The number of nitrogens with one attached hydrogen (secondary N) is 1. The van der Waals surface area contributed by atoms with Crippen LogP contribution in [0.25, 0.3) is 0 Å². The first-order valence-corrected chi connectivity index (χ1v) is 11.9. The maximum atomic E-state index is 13.9. The average molecular weight is 498 g/mol. The van der Waals surface area contributed by atoms with Gasteiger partial charge in [0.25, 0.3) is 5.91 Å². The van der Waals surface area contributed by atoms with E-state index in [0.29, 0.717) is 11.1 Å². The van der Waals surface area contributed by atoms with Gasteiger partial charge in [0.05, 0.1) is 31.0 Å². The highest BCUT2D eigenvalue weighted by molar-refractivity contribution is 6.62. The summed E-state index contributed by atoms with van der Waals surface area (Å²) in [5.74, 6) is -1.02. The summed E-state index contributed by atoms with van der Waals surface area (Å²) < 4.78 is 31.2. The number of hydrogen-bond acceptors (Lipinski definition) is 6. The molecule has 4 rings (SSSR count). The third kappa shape index (κ3) is 4.72. The van der Waals surface area contributed by atoms with Crippen LogP contribution in [-0.4, -0.2) is 59.9 Å². The summed E-state index contributed by atoms with van der Waals surface area (Å²) in [6, 6.07) is 7.79. The molecule has 2 aliphatic heterocycles. The van der Waals surface area contributed by atoms with Crippen molar-refractivity contribution in [1.29, 1.82) is 0 Å². The second-order valence-electron chi connectivity index (χ2n) is 10.3. The molecule has 2 N–H and O–H groups in total. The molecule has 0 aliphatic carbocycles. The summed E-state index contributed by atoms with van der Waals surface area (Å²) >= 11 is 0. The van der Waals surface area contributed by atoms with Crippen molar-refractivity contribution in [3.63, 3.8) is 0 Å². The minimum Gasteiger partial charge on any atom is -0.497 e. The number of nitrogens with zero attached hydrogens (tertiary/aromatic N) is 1. The Balaban J connectivity index is 1.48. The maximum Gasteiger partial charge on any atom is 0.494 e. The SMILES string of the molecule is COc1cc(F)cc([C@@H](CO)NC(=O)C(C)N2Cc3ccc(B4OC(C)(C)C(C)(C)O4)cc3C2=O)c1. The van der Waals surface area contributed by atoms with Gasteiger partial charge in [-0.3, -0.25) is 9.59 Å². The van der Waals surface area contributed by atoms with Crippen molar-refractivity contribution in [3.8, 4) is 5.75 Å². The first kappa shape index (κ1) is 26.1. The number of ether oxygens (including phenoxy) is 1. The number of amides is 2. The molecule has 0 bridgehead atoms. The van der Waals surface area contributed by atoms with Crippen LogP contribution in [0, 0.1) is 5.82 Å². The summed E-state index contributed by atoms with van der Waals surface area (Å²) in [7, 11) is 0.804. The van der Waals surface area contributed by atoms with E-state index in [-0.39, 0.29) is 18.2 Å². The molecule has 192 valence electrons. The van der Waals surface area contributed by atoms with Crippen LogP contribution >= 0.6 is 0 Å². The molecular formula is C26H32BFN2O6. The van der Waals surface area contributed by atoms with Gasteiger partial charge in [-0.2, -0.15) is 0 Å². The summed E-state index contributed by atoms with van der Waals surface area (Å²) in [5.41, 5.74) is 1.38. The highest BCUT2D eigenvalue weighted by atomic mass is 19.1. The van der Waals surface area contributed by atoms with E-state index in [1.54, 1.807) is 19.1 Å². The minimum absolute atomic E-state index is 0.268. The smallest absolute Gasteiger partial charge is 0.494 e. The zero-order valence-electron chi connectivity index (χ0n) is 21.4. The fourth-order valence-electron chi connectivity index (χ4n) is 4.35. The second-order valence-corrected chi connectivity index (χ2v) is 10.3. The molecule has 36 heavy (non-hydrogen) atoms. The Morgan fingerprint density at radius 1 is 1.19 bits per heavy atom. The largest absolute Gasteiger partial charge is 0.497 e. The van der Waals surface area contributed by atoms with Gasteiger partial charge < -0.3 is 29.4 Å². The van der Waals surface area contributed by atoms with E-state index in [2.05, 4.69) is 5.32 Å². The van der Waals surface area contributed by atoms with E-state index in [9.17, 15) is 19.1 Å². The summed E-state index contributed by atoms with van der Waals surface area (Å²) in [4.78, 5) is 27.8. The Labute approximate surface area is 210 Å². The molecule has 0 spiro atoms. The summed E-state index contributed by atoms with van der Waals surface area (Å²) in [6.45, 7) is 9.30. The van der Waals surface area contributed by atoms with Crippen molar-refractivity contribution in [1.82, 2.24) is 10.2 Å². The predicted molar refractivity (Wildman–Crippen MR) is 132 cm³/mol. The molecule has 1 unspecified atom stereocenters. The first-order valence-electron chi connectivity index (χ1n) is 11.9. The summed E-state index contributed by atoms with van der Waals surface area (Å²) in [6.07, 6.45) is 0.